The van der Waals surface area contributed by atoms with Gasteiger partial charge in [0.25, 0.3) is 0 Å². The zero-order valence-electron chi connectivity index (χ0n) is 12.4. The lowest BCUT2D eigenvalue weighted by Crippen LogP contribution is -2.14. The van der Waals surface area contributed by atoms with Crippen molar-refractivity contribution in [2.24, 2.45) is 0 Å². The minimum Gasteiger partial charge on any atom is -0.385 e. The first-order chi connectivity index (χ1) is 10.2. The summed E-state index contributed by atoms with van der Waals surface area (Å²) in [4.78, 5) is 12.3. The van der Waals surface area contributed by atoms with Gasteiger partial charge in [0.05, 0.1) is 5.92 Å². The van der Waals surface area contributed by atoms with Crippen molar-refractivity contribution in [2.45, 2.75) is 25.8 Å². The first kappa shape index (κ1) is 13.9. The number of ether oxygens (including phenoxy) is 1. The summed E-state index contributed by atoms with van der Waals surface area (Å²) < 4.78 is 7.29. The predicted molar refractivity (Wildman–Crippen MR) is 82.6 cm³/mol. The summed E-state index contributed by atoms with van der Waals surface area (Å²) in [5.74, 6) is -0.126. The average Bonchev–Trinajstić information content (AvgIpc) is 2.99. The molecule has 2 aromatic rings. The van der Waals surface area contributed by atoms with Gasteiger partial charge in [0.15, 0.2) is 0 Å². The number of fused-ring (bicyclic) bond motifs is 1. The number of hydrogen-bond donors (Lipinski definition) is 1. The standard InChI is InChI=1S/C17H20N2O2/c1-12-13(8-10-19(12)9-5-11-21-2)16-14-6-3-4-7-15(14)18-17(16)20/h3-4,6-8,10,16H,5,9,11H2,1-2H3,(H,18,20). The number of para-hydroxylation sites is 1. The summed E-state index contributed by atoms with van der Waals surface area (Å²) in [6, 6.07) is 9.98. The number of carbonyl (C=O) groups excluding carboxylic acids is 1. The fourth-order valence-corrected chi connectivity index (χ4v) is 3.01. The number of benzene rings is 1. The Morgan fingerprint density at radius 3 is 2.86 bits per heavy atom. The third kappa shape index (κ3) is 2.47. The van der Waals surface area contributed by atoms with E-state index in [4.69, 9.17) is 4.74 Å². The fourth-order valence-electron chi connectivity index (χ4n) is 3.01. The van der Waals surface area contributed by atoms with Crippen molar-refractivity contribution in [3.63, 3.8) is 0 Å². The van der Waals surface area contributed by atoms with Crippen molar-refractivity contribution < 1.29 is 9.53 Å². The molecule has 0 fully saturated rings. The second-order valence-electron chi connectivity index (χ2n) is 5.41. The number of rotatable bonds is 5. The van der Waals surface area contributed by atoms with Crippen LogP contribution in [0.25, 0.3) is 0 Å². The topological polar surface area (TPSA) is 43.3 Å². The van der Waals surface area contributed by atoms with Gasteiger partial charge in [-0.05, 0) is 36.6 Å². The molecule has 0 aliphatic carbocycles. The molecule has 1 amide bonds. The van der Waals surface area contributed by atoms with Crippen LogP contribution in [0, 0.1) is 6.92 Å². The monoisotopic (exact) mass is 284 g/mol. The lowest BCUT2D eigenvalue weighted by Gasteiger charge is -2.11. The molecule has 0 radical (unpaired) electrons. The highest BCUT2D eigenvalue weighted by molar-refractivity contribution is 6.05. The van der Waals surface area contributed by atoms with Crippen LogP contribution in [0.3, 0.4) is 0 Å². The van der Waals surface area contributed by atoms with E-state index in [1.165, 1.54) is 0 Å². The van der Waals surface area contributed by atoms with Crippen LogP contribution < -0.4 is 5.32 Å². The van der Waals surface area contributed by atoms with Gasteiger partial charge in [-0.1, -0.05) is 18.2 Å². The second-order valence-corrected chi connectivity index (χ2v) is 5.41. The molecule has 4 heteroatoms. The number of carbonyl (C=O) groups is 1. The Bertz CT molecular complexity index is 661. The van der Waals surface area contributed by atoms with Crippen LogP contribution in [-0.2, 0) is 16.1 Å². The normalized spacial score (nSPS) is 16.9. The molecule has 0 spiro atoms. The van der Waals surface area contributed by atoms with Gasteiger partial charge < -0.3 is 14.6 Å². The van der Waals surface area contributed by atoms with Crippen molar-refractivity contribution in [1.82, 2.24) is 4.57 Å². The van der Waals surface area contributed by atoms with Crippen molar-refractivity contribution >= 4 is 11.6 Å². The summed E-state index contributed by atoms with van der Waals surface area (Å²) in [7, 11) is 1.72. The van der Waals surface area contributed by atoms with E-state index in [0.717, 1.165) is 42.1 Å². The summed E-state index contributed by atoms with van der Waals surface area (Å²) in [5, 5.41) is 2.97. The first-order valence-corrected chi connectivity index (χ1v) is 7.26. The first-order valence-electron chi connectivity index (χ1n) is 7.26. The molecule has 110 valence electrons. The third-order valence-corrected chi connectivity index (χ3v) is 4.13. The van der Waals surface area contributed by atoms with Gasteiger partial charge in [0.1, 0.15) is 0 Å². The molecule has 1 aliphatic rings. The lowest BCUT2D eigenvalue weighted by atomic mass is 9.93. The number of nitrogens with one attached hydrogen (secondary N) is 1. The van der Waals surface area contributed by atoms with E-state index in [-0.39, 0.29) is 11.8 Å². The van der Waals surface area contributed by atoms with Crippen LogP contribution in [0.1, 0.15) is 29.2 Å². The smallest absolute Gasteiger partial charge is 0.236 e. The van der Waals surface area contributed by atoms with E-state index < -0.39 is 0 Å². The third-order valence-electron chi connectivity index (χ3n) is 4.13. The highest BCUT2D eigenvalue weighted by Gasteiger charge is 2.33. The van der Waals surface area contributed by atoms with E-state index in [0.29, 0.717) is 0 Å². The molecular formula is C17H20N2O2. The van der Waals surface area contributed by atoms with E-state index in [9.17, 15) is 4.79 Å². The number of amides is 1. The summed E-state index contributed by atoms with van der Waals surface area (Å²) >= 11 is 0. The lowest BCUT2D eigenvalue weighted by molar-refractivity contribution is -0.116. The van der Waals surface area contributed by atoms with E-state index in [1.54, 1.807) is 7.11 Å². The number of hydrogen-bond acceptors (Lipinski definition) is 2. The Kier molecular flexibility index (Phi) is 3.80. The van der Waals surface area contributed by atoms with Crippen molar-refractivity contribution in [3.8, 4) is 0 Å². The van der Waals surface area contributed by atoms with Crippen molar-refractivity contribution in [2.75, 3.05) is 19.0 Å². The minimum absolute atomic E-state index is 0.0638. The van der Waals surface area contributed by atoms with Crippen LogP contribution in [0.5, 0.6) is 0 Å². The summed E-state index contributed by atoms with van der Waals surface area (Å²) in [6.45, 7) is 3.74. The van der Waals surface area contributed by atoms with Crippen LogP contribution >= 0.6 is 0 Å². The molecule has 21 heavy (non-hydrogen) atoms. The molecule has 1 atom stereocenters. The quantitative estimate of drug-likeness (QED) is 0.858. The fraction of sp³-hybridized carbons (Fsp3) is 0.353. The molecule has 3 rings (SSSR count). The summed E-state index contributed by atoms with van der Waals surface area (Å²) in [5.41, 5.74) is 4.25. The molecule has 1 aromatic carbocycles. The molecule has 2 heterocycles. The Morgan fingerprint density at radius 2 is 2.05 bits per heavy atom. The van der Waals surface area contributed by atoms with E-state index in [2.05, 4.69) is 29.1 Å². The Balaban J connectivity index is 1.89. The van der Waals surface area contributed by atoms with Crippen LogP contribution in [0.2, 0.25) is 0 Å². The highest BCUT2D eigenvalue weighted by Crippen LogP contribution is 2.38. The number of aromatic nitrogens is 1. The Hall–Kier alpha value is -2.07. The summed E-state index contributed by atoms with van der Waals surface area (Å²) in [6.07, 6.45) is 3.04. The van der Waals surface area contributed by atoms with Gasteiger partial charge in [-0.15, -0.1) is 0 Å². The number of methoxy groups -OCH3 is 1. The van der Waals surface area contributed by atoms with Crippen molar-refractivity contribution in [3.05, 3.63) is 53.3 Å². The molecule has 1 aliphatic heterocycles. The molecule has 0 saturated carbocycles. The number of aryl methyl sites for hydroxylation is 1. The SMILES string of the molecule is COCCCn1ccc(C2C(=O)Nc3ccccc32)c1C. The van der Waals surface area contributed by atoms with Gasteiger partial charge in [0.2, 0.25) is 5.91 Å². The largest absolute Gasteiger partial charge is 0.385 e. The van der Waals surface area contributed by atoms with Gasteiger partial charge in [-0.2, -0.15) is 0 Å². The number of anilines is 1. The molecule has 0 bridgehead atoms. The molecule has 1 N–H and O–H groups in total. The van der Waals surface area contributed by atoms with E-state index >= 15 is 0 Å². The molecular weight excluding hydrogens is 264 g/mol. The van der Waals surface area contributed by atoms with Gasteiger partial charge >= 0.3 is 0 Å². The minimum atomic E-state index is -0.190. The van der Waals surface area contributed by atoms with Gasteiger partial charge in [0, 0.05) is 37.8 Å². The van der Waals surface area contributed by atoms with Crippen LogP contribution in [-0.4, -0.2) is 24.2 Å². The van der Waals surface area contributed by atoms with Crippen LogP contribution in [0.4, 0.5) is 5.69 Å². The Labute approximate surface area is 124 Å². The van der Waals surface area contributed by atoms with Gasteiger partial charge in [-0.25, -0.2) is 0 Å². The average molecular weight is 284 g/mol. The maximum Gasteiger partial charge on any atom is 0.236 e. The van der Waals surface area contributed by atoms with Crippen molar-refractivity contribution in [1.29, 1.82) is 0 Å². The molecule has 1 aromatic heterocycles. The Morgan fingerprint density at radius 1 is 1.24 bits per heavy atom. The predicted octanol–water partition coefficient (Wildman–Crippen LogP) is 2.92. The van der Waals surface area contributed by atoms with Gasteiger partial charge in [-0.3, -0.25) is 4.79 Å². The van der Waals surface area contributed by atoms with Crippen LogP contribution in [0.15, 0.2) is 36.5 Å². The molecule has 1 unspecified atom stereocenters. The highest BCUT2D eigenvalue weighted by atomic mass is 16.5. The zero-order chi connectivity index (χ0) is 14.8. The zero-order valence-corrected chi connectivity index (χ0v) is 12.4. The second kappa shape index (κ2) is 5.74. The maximum atomic E-state index is 12.3. The maximum absolute atomic E-state index is 12.3. The number of nitrogens with zero attached hydrogens (tertiary/aromatic N) is 1. The van der Waals surface area contributed by atoms with E-state index in [1.807, 2.05) is 24.3 Å². The molecule has 4 nitrogen and oxygen atoms in total. The molecule has 0 saturated heterocycles.